The maximum atomic E-state index is 12.2. The number of carbonyl (C=O) groups is 2. The van der Waals surface area contributed by atoms with E-state index in [1.54, 1.807) is 19.0 Å². The lowest BCUT2D eigenvalue weighted by atomic mass is 9.80. The van der Waals surface area contributed by atoms with E-state index < -0.39 is 35.9 Å². The summed E-state index contributed by atoms with van der Waals surface area (Å²) in [5.41, 5.74) is 1.76. The molecule has 5 atom stereocenters. The number of hydrogen-bond acceptors (Lipinski definition) is 10. The quantitative estimate of drug-likeness (QED) is 0.235. The summed E-state index contributed by atoms with van der Waals surface area (Å²) in [6.45, 7) is 4.15. The van der Waals surface area contributed by atoms with Crippen LogP contribution in [0.2, 0.25) is 0 Å². The first kappa shape index (κ1) is 31.7. The van der Waals surface area contributed by atoms with E-state index in [0.29, 0.717) is 13.0 Å². The van der Waals surface area contributed by atoms with Gasteiger partial charge in [-0.1, -0.05) is 72.8 Å². The molecule has 2 saturated heterocycles. The van der Waals surface area contributed by atoms with Crippen LogP contribution in [0, 0.1) is 0 Å². The highest BCUT2D eigenvalue weighted by atomic mass is 16.8. The number of esters is 1. The number of ether oxygens (including phenoxy) is 6. The Morgan fingerprint density at radius 3 is 2.20 bits per heavy atom. The molecule has 0 spiro atoms. The summed E-state index contributed by atoms with van der Waals surface area (Å²) in [5, 5.41) is 8.71. The van der Waals surface area contributed by atoms with E-state index in [2.05, 4.69) is 10.4 Å². The topological polar surface area (TPSA) is 117 Å². The molecular weight excluding hydrogens is 590 g/mol. The number of methoxy groups -OCH3 is 1. The van der Waals surface area contributed by atoms with Gasteiger partial charge < -0.3 is 33.7 Å². The second-order valence-corrected chi connectivity index (χ2v) is 11.5. The van der Waals surface area contributed by atoms with Crippen LogP contribution in [0.15, 0.2) is 90.0 Å². The molecule has 0 bridgehead atoms. The van der Waals surface area contributed by atoms with Crippen molar-refractivity contribution >= 4 is 18.1 Å². The Balaban J connectivity index is 1.34. The zero-order valence-corrected chi connectivity index (χ0v) is 26.2. The molecule has 5 unspecified atom stereocenters. The fourth-order valence-corrected chi connectivity index (χ4v) is 6.29. The fourth-order valence-electron chi connectivity index (χ4n) is 6.29. The zero-order valence-electron chi connectivity index (χ0n) is 26.2. The van der Waals surface area contributed by atoms with Crippen LogP contribution >= 0.6 is 0 Å². The second-order valence-electron chi connectivity index (χ2n) is 11.5. The van der Waals surface area contributed by atoms with Gasteiger partial charge in [-0.05, 0) is 42.7 Å². The summed E-state index contributed by atoms with van der Waals surface area (Å²) in [7, 11) is 1.64. The molecule has 11 heteroatoms. The van der Waals surface area contributed by atoms with Gasteiger partial charge >= 0.3 is 5.97 Å². The van der Waals surface area contributed by atoms with Crippen molar-refractivity contribution in [1.29, 1.82) is 0 Å². The molecule has 3 aromatic carbocycles. The molecule has 0 aromatic heterocycles. The van der Waals surface area contributed by atoms with Gasteiger partial charge in [0.25, 0.3) is 5.91 Å². The van der Waals surface area contributed by atoms with Crippen LogP contribution in [-0.4, -0.2) is 80.4 Å². The molecule has 3 aliphatic rings. The number of hydrazone groups is 1. The minimum Gasteiger partial charge on any atom is -0.497 e. The Morgan fingerprint density at radius 2 is 1.61 bits per heavy atom. The molecule has 6 rings (SSSR count). The third kappa shape index (κ3) is 6.36. The number of amides is 1. The van der Waals surface area contributed by atoms with Crippen molar-refractivity contribution in [2.24, 2.45) is 5.10 Å². The molecule has 3 heterocycles. The summed E-state index contributed by atoms with van der Waals surface area (Å²) in [4.78, 5) is 24.0. The highest BCUT2D eigenvalue weighted by molar-refractivity contribution is 6.26. The van der Waals surface area contributed by atoms with Crippen LogP contribution in [-0.2, 0) is 38.9 Å². The normalized spacial score (nSPS) is 25.6. The Labute approximate surface area is 268 Å². The van der Waals surface area contributed by atoms with Gasteiger partial charge in [0, 0.05) is 6.42 Å². The minimum atomic E-state index is -1.07. The van der Waals surface area contributed by atoms with Crippen molar-refractivity contribution in [3.8, 4) is 5.75 Å². The predicted octanol–water partition coefficient (Wildman–Crippen LogP) is 3.95. The Hall–Kier alpha value is -4.29. The van der Waals surface area contributed by atoms with Crippen molar-refractivity contribution in [1.82, 2.24) is 10.3 Å². The van der Waals surface area contributed by atoms with Crippen LogP contribution in [0.1, 0.15) is 43.4 Å². The third-order valence-electron chi connectivity index (χ3n) is 8.50. The number of benzene rings is 3. The average Bonchev–Trinajstić information content (AvgIpc) is 3.60. The van der Waals surface area contributed by atoms with E-state index in [0.717, 1.165) is 22.4 Å². The molecule has 2 fully saturated rings. The van der Waals surface area contributed by atoms with Crippen molar-refractivity contribution in [2.75, 3.05) is 27.0 Å². The Morgan fingerprint density at radius 1 is 0.978 bits per heavy atom. The molecule has 0 saturated carbocycles. The van der Waals surface area contributed by atoms with Gasteiger partial charge in [0.1, 0.15) is 42.5 Å². The lowest BCUT2D eigenvalue weighted by Crippen LogP contribution is -2.49. The standard InChI is InChI=1S/C35H39N3O8/c1-4-42-30(40)19-20-34(2)45-31-28(44-33(32(31)46-34)38-23-36-29(39)21-37-38)22-43-35(24-11-7-5-8-12-24,25-13-9-6-10-14-25)26-15-17-27(41-3)18-16-26/h5-18,21,28,31-33H,4,19-20,22-23H2,1-3H3,(H,36,39). The maximum absolute atomic E-state index is 12.2. The first-order valence-corrected chi connectivity index (χ1v) is 15.5. The molecule has 3 aromatic rings. The van der Waals surface area contributed by atoms with E-state index in [-0.39, 0.29) is 31.6 Å². The van der Waals surface area contributed by atoms with E-state index >= 15 is 0 Å². The monoisotopic (exact) mass is 629 g/mol. The molecule has 1 N–H and O–H groups in total. The molecule has 1 amide bonds. The zero-order chi connectivity index (χ0) is 32.1. The van der Waals surface area contributed by atoms with E-state index in [9.17, 15) is 9.59 Å². The van der Waals surface area contributed by atoms with Crippen molar-refractivity contribution < 1.29 is 38.0 Å². The third-order valence-corrected chi connectivity index (χ3v) is 8.50. The Kier molecular flexibility index (Phi) is 9.37. The predicted molar refractivity (Wildman–Crippen MR) is 168 cm³/mol. The van der Waals surface area contributed by atoms with Crippen molar-refractivity contribution in [3.63, 3.8) is 0 Å². The van der Waals surface area contributed by atoms with Crippen LogP contribution in [0.5, 0.6) is 5.75 Å². The van der Waals surface area contributed by atoms with Crippen molar-refractivity contribution in [2.45, 2.75) is 62.6 Å². The summed E-state index contributed by atoms with van der Waals surface area (Å²) in [6, 6.07) is 27.9. The number of rotatable bonds is 12. The first-order valence-electron chi connectivity index (χ1n) is 15.5. The lowest BCUT2D eigenvalue weighted by molar-refractivity contribution is -0.226. The second kappa shape index (κ2) is 13.6. The van der Waals surface area contributed by atoms with Gasteiger partial charge in [0.15, 0.2) is 12.0 Å². The van der Waals surface area contributed by atoms with Crippen LogP contribution in [0.25, 0.3) is 0 Å². The van der Waals surface area contributed by atoms with Gasteiger partial charge in [-0.25, -0.2) is 5.01 Å². The maximum Gasteiger partial charge on any atom is 0.305 e. The molecule has 11 nitrogen and oxygen atoms in total. The van der Waals surface area contributed by atoms with Gasteiger partial charge in [-0.15, -0.1) is 0 Å². The molecule has 0 radical (unpaired) electrons. The SMILES string of the molecule is CCOC(=O)CCC1(C)OC2C(COC(c3ccccc3)(c3ccccc3)c3ccc(OC)cc3)OC(N3CNC(=O)C=N3)C2O1. The van der Waals surface area contributed by atoms with Crippen LogP contribution < -0.4 is 10.1 Å². The molecule has 3 aliphatic heterocycles. The number of carbonyl (C=O) groups excluding carboxylic acids is 2. The first-order chi connectivity index (χ1) is 22.3. The highest BCUT2D eigenvalue weighted by Crippen LogP contribution is 2.45. The van der Waals surface area contributed by atoms with Crippen LogP contribution in [0.4, 0.5) is 0 Å². The number of hydrogen-bond donors (Lipinski definition) is 1. The van der Waals surface area contributed by atoms with Gasteiger partial charge in [-0.2, -0.15) is 5.10 Å². The fraction of sp³-hybridized carbons (Fsp3) is 0.400. The molecule has 46 heavy (non-hydrogen) atoms. The molecular formula is C35H39N3O8. The number of nitrogens with zero attached hydrogens (tertiary/aromatic N) is 2. The smallest absolute Gasteiger partial charge is 0.305 e. The van der Waals surface area contributed by atoms with E-state index in [4.69, 9.17) is 28.4 Å². The number of fused-ring (bicyclic) bond motifs is 1. The minimum absolute atomic E-state index is 0.120. The Bertz CT molecular complexity index is 1480. The van der Waals surface area contributed by atoms with Crippen molar-refractivity contribution in [3.05, 3.63) is 102 Å². The summed E-state index contributed by atoms with van der Waals surface area (Å²) < 4.78 is 37.3. The van der Waals surface area contributed by atoms with Gasteiger partial charge in [0.05, 0.1) is 26.7 Å². The highest BCUT2D eigenvalue weighted by Gasteiger charge is 2.59. The number of nitrogens with one attached hydrogen (secondary N) is 1. The summed E-state index contributed by atoms with van der Waals surface area (Å²) in [5.74, 6) is -0.948. The lowest BCUT2D eigenvalue weighted by Gasteiger charge is -2.37. The molecule has 0 aliphatic carbocycles. The largest absolute Gasteiger partial charge is 0.497 e. The average molecular weight is 630 g/mol. The van der Waals surface area contributed by atoms with Gasteiger partial charge in [0.2, 0.25) is 0 Å². The van der Waals surface area contributed by atoms with Crippen LogP contribution in [0.3, 0.4) is 0 Å². The molecule has 242 valence electrons. The summed E-state index contributed by atoms with van der Waals surface area (Å²) >= 11 is 0. The van der Waals surface area contributed by atoms with Gasteiger partial charge in [-0.3, -0.25) is 9.59 Å². The summed E-state index contributed by atoms with van der Waals surface area (Å²) in [6.07, 6.45) is -0.746. The van der Waals surface area contributed by atoms with E-state index in [1.165, 1.54) is 6.21 Å². The van der Waals surface area contributed by atoms with E-state index in [1.807, 2.05) is 91.9 Å².